The molecule has 0 atom stereocenters. The minimum absolute atomic E-state index is 0.184. The van der Waals surface area contributed by atoms with Crippen LogP contribution in [-0.2, 0) is 17.6 Å². The molecule has 2 aromatic rings. The van der Waals surface area contributed by atoms with Crippen molar-refractivity contribution in [2.75, 3.05) is 13.1 Å². The lowest BCUT2D eigenvalue weighted by Gasteiger charge is -2.31. The van der Waals surface area contributed by atoms with Crippen LogP contribution in [0, 0.1) is 17.6 Å². The van der Waals surface area contributed by atoms with Crippen molar-refractivity contribution in [2.45, 2.75) is 51.4 Å². The number of nitrogens with zero attached hydrogens (tertiary/aromatic N) is 1. The number of halogens is 2. The topological polar surface area (TPSA) is 78.5 Å². The third-order valence-electron chi connectivity index (χ3n) is 6.33. The molecule has 0 spiro atoms. The smallest absolute Gasteiger partial charge is 0.279 e. The quantitative estimate of drug-likeness (QED) is 0.659. The third kappa shape index (κ3) is 5.58. The zero-order valence-electron chi connectivity index (χ0n) is 18.3. The van der Waals surface area contributed by atoms with Gasteiger partial charge in [-0.1, -0.05) is 12.8 Å². The molecule has 3 amide bonds. The molecule has 0 radical (unpaired) electrons. The fraction of sp³-hybridized carbons (Fsp3) is 0.458. The predicted molar refractivity (Wildman–Crippen MR) is 121 cm³/mol. The number of hydrazine groups is 1. The van der Waals surface area contributed by atoms with Gasteiger partial charge in [-0.05, 0) is 62.3 Å². The maximum Gasteiger partial charge on any atom is 0.279 e. The lowest BCUT2D eigenvalue weighted by Crippen LogP contribution is -2.48. The second-order valence-electron chi connectivity index (χ2n) is 8.61. The molecule has 1 saturated heterocycles. The van der Waals surface area contributed by atoms with Crippen LogP contribution in [0.2, 0.25) is 0 Å². The van der Waals surface area contributed by atoms with Gasteiger partial charge in [0.25, 0.3) is 11.8 Å². The van der Waals surface area contributed by atoms with Gasteiger partial charge in [-0.25, -0.2) is 8.78 Å². The molecule has 176 valence electrons. The number of piperidine rings is 1. The third-order valence-corrected chi connectivity index (χ3v) is 7.57. The van der Waals surface area contributed by atoms with Crippen LogP contribution in [0.3, 0.4) is 0 Å². The number of hydrogen-bond donors (Lipinski definition) is 2. The zero-order valence-corrected chi connectivity index (χ0v) is 19.1. The van der Waals surface area contributed by atoms with E-state index in [1.165, 1.54) is 39.5 Å². The molecule has 9 heteroatoms. The molecule has 1 aliphatic heterocycles. The van der Waals surface area contributed by atoms with Crippen LogP contribution < -0.4 is 10.9 Å². The highest BCUT2D eigenvalue weighted by Gasteiger charge is 2.29. The molecule has 1 aliphatic carbocycles. The molecule has 2 N–H and O–H groups in total. The van der Waals surface area contributed by atoms with Gasteiger partial charge in [0.2, 0.25) is 5.91 Å². The fourth-order valence-electron chi connectivity index (χ4n) is 4.42. The van der Waals surface area contributed by atoms with E-state index in [0.29, 0.717) is 23.8 Å². The van der Waals surface area contributed by atoms with E-state index in [9.17, 15) is 23.2 Å². The van der Waals surface area contributed by atoms with Gasteiger partial charge in [0.1, 0.15) is 11.6 Å². The van der Waals surface area contributed by atoms with Crippen molar-refractivity contribution < 1.29 is 23.2 Å². The van der Waals surface area contributed by atoms with Gasteiger partial charge in [-0.2, -0.15) is 0 Å². The summed E-state index contributed by atoms with van der Waals surface area (Å²) in [6, 6.07) is 4.80. The molecule has 1 fully saturated rings. The van der Waals surface area contributed by atoms with E-state index in [-0.39, 0.29) is 36.4 Å². The van der Waals surface area contributed by atoms with E-state index in [1.807, 2.05) is 6.07 Å². The Hall–Kier alpha value is -2.81. The summed E-state index contributed by atoms with van der Waals surface area (Å²) in [6.07, 6.45) is 7.49. The number of hydrogen-bond acceptors (Lipinski definition) is 4. The Labute approximate surface area is 195 Å². The lowest BCUT2D eigenvalue weighted by atomic mass is 9.95. The van der Waals surface area contributed by atoms with Gasteiger partial charge < -0.3 is 4.90 Å². The predicted octanol–water partition coefficient (Wildman–Crippen LogP) is 4.00. The van der Waals surface area contributed by atoms with Crippen molar-refractivity contribution in [3.05, 3.63) is 56.8 Å². The molecule has 2 heterocycles. The van der Waals surface area contributed by atoms with Gasteiger partial charge in [-0.15, -0.1) is 11.3 Å². The molecule has 6 nitrogen and oxygen atoms in total. The SMILES string of the molecule is O=C(NNC(=O)C1CCN(C(=O)c2ccc(F)cc2F)CC1)c1cc2c(s1)CCCCCC2. The number of rotatable bonds is 3. The molecule has 4 rings (SSSR count). The summed E-state index contributed by atoms with van der Waals surface area (Å²) in [5.74, 6) is -3.15. The first kappa shape index (κ1) is 23.4. The summed E-state index contributed by atoms with van der Waals surface area (Å²) in [5.41, 5.74) is 6.08. The highest BCUT2D eigenvalue weighted by Crippen LogP contribution is 2.28. The minimum atomic E-state index is -0.899. The first-order chi connectivity index (χ1) is 15.9. The van der Waals surface area contributed by atoms with Gasteiger partial charge in [-0.3, -0.25) is 25.2 Å². The Morgan fingerprint density at radius 3 is 2.39 bits per heavy atom. The molecule has 0 unspecified atom stereocenters. The van der Waals surface area contributed by atoms with Crippen molar-refractivity contribution in [1.82, 2.24) is 15.8 Å². The van der Waals surface area contributed by atoms with E-state index in [0.717, 1.165) is 37.8 Å². The van der Waals surface area contributed by atoms with Crippen LogP contribution in [0.15, 0.2) is 24.3 Å². The molecule has 33 heavy (non-hydrogen) atoms. The van der Waals surface area contributed by atoms with Crippen molar-refractivity contribution in [3.63, 3.8) is 0 Å². The Morgan fingerprint density at radius 2 is 1.67 bits per heavy atom. The summed E-state index contributed by atoms with van der Waals surface area (Å²) >= 11 is 1.50. The van der Waals surface area contributed by atoms with E-state index in [4.69, 9.17) is 0 Å². The molecule has 1 aromatic heterocycles. The number of likely N-dealkylation sites (tertiary alicyclic amines) is 1. The monoisotopic (exact) mass is 475 g/mol. The largest absolute Gasteiger partial charge is 0.339 e. The van der Waals surface area contributed by atoms with Crippen LogP contribution in [-0.4, -0.2) is 35.7 Å². The van der Waals surface area contributed by atoms with Crippen LogP contribution in [0.4, 0.5) is 8.78 Å². The normalized spacial score (nSPS) is 17.0. The maximum atomic E-state index is 13.9. The summed E-state index contributed by atoms with van der Waals surface area (Å²) in [7, 11) is 0. The minimum Gasteiger partial charge on any atom is -0.339 e. The molecule has 2 aliphatic rings. The van der Waals surface area contributed by atoms with E-state index in [1.54, 1.807) is 0 Å². The Bertz CT molecular complexity index is 1020. The number of amides is 3. The van der Waals surface area contributed by atoms with Gasteiger partial charge in [0, 0.05) is 30.0 Å². The lowest BCUT2D eigenvalue weighted by molar-refractivity contribution is -0.127. The summed E-state index contributed by atoms with van der Waals surface area (Å²) in [4.78, 5) is 40.9. The summed E-state index contributed by atoms with van der Waals surface area (Å²) < 4.78 is 27.0. The number of nitrogens with one attached hydrogen (secondary N) is 2. The fourth-order valence-corrected chi connectivity index (χ4v) is 5.57. The van der Waals surface area contributed by atoms with Crippen LogP contribution in [0.1, 0.15) is 69.0 Å². The second-order valence-corrected chi connectivity index (χ2v) is 9.74. The zero-order chi connectivity index (χ0) is 23.4. The summed E-state index contributed by atoms with van der Waals surface area (Å²) in [6.45, 7) is 0.554. The molecule has 0 bridgehead atoms. The average molecular weight is 476 g/mol. The van der Waals surface area contributed by atoms with Gasteiger partial charge in [0.15, 0.2) is 0 Å². The number of carbonyl (C=O) groups excluding carboxylic acids is 3. The second kappa shape index (κ2) is 10.4. The van der Waals surface area contributed by atoms with E-state index in [2.05, 4.69) is 10.9 Å². The highest BCUT2D eigenvalue weighted by molar-refractivity contribution is 7.14. The van der Waals surface area contributed by atoms with E-state index < -0.39 is 17.5 Å². The maximum absolute atomic E-state index is 13.9. The number of fused-ring (bicyclic) bond motifs is 1. The van der Waals surface area contributed by atoms with Crippen molar-refractivity contribution >= 4 is 29.1 Å². The Balaban J connectivity index is 1.27. The first-order valence-corrected chi connectivity index (χ1v) is 12.2. The average Bonchev–Trinajstić information content (AvgIpc) is 3.19. The van der Waals surface area contributed by atoms with Gasteiger partial charge >= 0.3 is 0 Å². The number of aryl methyl sites for hydroxylation is 2. The van der Waals surface area contributed by atoms with Crippen LogP contribution >= 0.6 is 11.3 Å². The number of benzene rings is 1. The van der Waals surface area contributed by atoms with Crippen molar-refractivity contribution in [2.24, 2.45) is 5.92 Å². The Morgan fingerprint density at radius 1 is 0.939 bits per heavy atom. The summed E-state index contributed by atoms with van der Waals surface area (Å²) in [5, 5.41) is 0. The van der Waals surface area contributed by atoms with Gasteiger partial charge in [0.05, 0.1) is 10.4 Å². The van der Waals surface area contributed by atoms with E-state index >= 15 is 0 Å². The molecular formula is C24H27F2N3O3S. The first-order valence-electron chi connectivity index (χ1n) is 11.4. The van der Waals surface area contributed by atoms with Crippen LogP contribution in [0.5, 0.6) is 0 Å². The molecule has 1 aromatic carbocycles. The van der Waals surface area contributed by atoms with Crippen molar-refractivity contribution in [3.8, 4) is 0 Å². The molecule has 0 saturated carbocycles. The Kier molecular flexibility index (Phi) is 7.37. The number of thiophene rings is 1. The number of carbonyl (C=O) groups is 3. The highest BCUT2D eigenvalue weighted by atomic mass is 32.1. The van der Waals surface area contributed by atoms with Crippen molar-refractivity contribution in [1.29, 1.82) is 0 Å². The standard InChI is InChI=1S/C24H27F2N3O3S/c25-17-7-8-18(19(26)14-17)24(32)29-11-9-15(10-12-29)22(30)27-28-23(31)21-13-16-5-3-1-2-4-6-20(16)33-21/h7-8,13-15H,1-6,9-12H2,(H,27,30)(H,28,31). The van der Waals surface area contributed by atoms with Crippen LogP contribution in [0.25, 0.3) is 0 Å². The molecular weight excluding hydrogens is 448 g/mol.